The average molecular weight is 427 g/mol. The Kier molecular flexibility index (Phi) is 6.23. The van der Waals surface area contributed by atoms with Crippen LogP contribution in [-0.2, 0) is 6.54 Å². The van der Waals surface area contributed by atoms with Crippen molar-refractivity contribution in [2.45, 2.75) is 6.54 Å². The van der Waals surface area contributed by atoms with E-state index in [0.717, 1.165) is 34.1 Å². The summed E-state index contributed by atoms with van der Waals surface area (Å²) in [5, 5.41) is 12.6. The summed E-state index contributed by atoms with van der Waals surface area (Å²) in [6.45, 7) is 0.467. The van der Waals surface area contributed by atoms with Crippen LogP contribution in [0.25, 0.3) is 11.5 Å². The van der Waals surface area contributed by atoms with Gasteiger partial charge in [-0.3, -0.25) is 0 Å². The molecule has 1 aromatic heterocycles. The number of ether oxygens (including phenoxy) is 3. The predicted molar refractivity (Wildman–Crippen MR) is 120 cm³/mol. The molecule has 0 aliphatic carbocycles. The number of aromatic nitrogens is 1. The van der Waals surface area contributed by atoms with E-state index in [4.69, 9.17) is 18.6 Å². The quantitative estimate of drug-likeness (QED) is 0.389. The Labute approximate surface area is 185 Å². The van der Waals surface area contributed by atoms with Crippen LogP contribution in [0.4, 0.5) is 5.88 Å². The topological polar surface area (TPSA) is 89.5 Å². The van der Waals surface area contributed by atoms with Crippen molar-refractivity contribution in [3.63, 3.8) is 0 Å². The standard InChI is InChI=1S/C25H21N3O4/c1-29-19-9-5-18(6-10-19)24-28-23(15-26)25(32-24)27-16-17-3-7-21(8-4-17)31-22-13-11-20(30-2)12-14-22/h3-14,27H,16H2,1-2H3. The lowest BCUT2D eigenvalue weighted by Gasteiger charge is -2.08. The van der Waals surface area contributed by atoms with Gasteiger partial charge in [-0.1, -0.05) is 12.1 Å². The number of hydrogen-bond acceptors (Lipinski definition) is 7. The fraction of sp³-hybridized carbons (Fsp3) is 0.120. The van der Waals surface area contributed by atoms with Crippen molar-refractivity contribution in [3.05, 3.63) is 84.1 Å². The molecule has 4 rings (SSSR count). The van der Waals surface area contributed by atoms with Crippen LogP contribution in [0.15, 0.2) is 77.2 Å². The van der Waals surface area contributed by atoms with Crippen LogP contribution < -0.4 is 19.5 Å². The highest BCUT2D eigenvalue weighted by Crippen LogP contribution is 2.28. The highest BCUT2D eigenvalue weighted by Gasteiger charge is 2.14. The summed E-state index contributed by atoms with van der Waals surface area (Å²) in [5.74, 6) is 3.66. The minimum absolute atomic E-state index is 0.204. The van der Waals surface area contributed by atoms with E-state index < -0.39 is 0 Å². The molecule has 4 aromatic rings. The van der Waals surface area contributed by atoms with Crippen LogP contribution in [0.2, 0.25) is 0 Å². The highest BCUT2D eigenvalue weighted by atomic mass is 16.5. The van der Waals surface area contributed by atoms with Gasteiger partial charge in [-0.2, -0.15) is 10.2 Å². The van der Waals surface area contributed by atoms with E-state index in [2.05, 4.69) is 16.4 Å². The summed E-state index contributed by atoms with van der Waals surface area (Å²) in [5.41, 5.74) is 1.96. The maximum Gasteiger partial charge on any atom is 0.232 e. The van der Waals surface area contributed by atoms with Crippen molar-refractivity contribution in [2.75, 3.05) is 19.5 Å². The van der Waals surface area contributed by atoms with Gasteiger partial charge in [0, 0.05) is 12.1 Å². The maximum absolute atomic E-state index is 9.41. The number of nitriles is 1. The van der Waals surface area contributed by atoms with Crippen molar-refractivity contribution in [2.24, 2.45) is 0 Å². The molecule has 0 saturated heterocycles. The van der Waals surface area contributed by atoms with E-state index >= 15 is 0 Å². The molecule has 3 aromatic carbocycles. The second kappa shape index (κ2) is 9.58. The molecular weight excluding hydrogens is 406 g/mol. The second-order valence-corrected chi connectivity index (χ2v) is 6.81. The number of benzene rings is 3. The van der Waals surface area contributed by atoms with Crippen molar-refractivity contribution < 1.29 is 18.6 Å². The molecule has 1 heterocycles. The van der Waals surface area contributed by atoms with Crippen LogP contribution >= 0.6 is 0 Å². The monoisotopic (exact) mass is 427 g/mol. The molecule has 0 saturated carbocycles. The molecule has 0 aliphatic heterocycles. The number of oxazole rings is 1. The molecule has 0 amide bonds. The van der Waals surface area contributed by atoms with Gasteiger partial charge in [0.25, 0.3) is 0 Å². The fourth-order valence-electron chi connectivity index (χ4n) is 3.01. The van der Waals surface area contributed by atoms with Crippen LogP contribution in [0.3, 0.4) is 0 Å². The Morgan fingerprint density at radius 1 is 0.812 bits per heavy atom. The lowest BCUT2D eigenvalue weighted by molar-refractivity contribution is 0.413. The third kappa shape index (κ3) is 4.82. The number of nitrogens with one attached hydrogen (secondary N) is 1. The van der Waals surface area contributed by atoms with Crippen LogP contribution in [0.1, 0.15) is 11.3 Å². The molecule has 32 heavy (non-hydrogen) atoms. The predicted octanol–water partition coefficient (Wildman–Crippen LogP) is 5.63. The van der Waals surface area contributed by atoms with Crippen molar-refractivity contribution in [1.82, 2.24) is 4.98 Å². The Hall–Kier alpha value is -4.44. The van der Waals surface area contributed by atoms with Gasteiger partial charge >= 0.3 is 0 Å². The zero-order valence-electron chi connectivity index (χ0n) is 17.7. The van der Waals surface area contributed by atoms with Gasteiger partial charge in [0.15, 0.2) is 0 Å². The fourth-order valence-corrected chi connectivity index (χ4v) is 3.01. The summed E-state index contributed by atoms with van der Waals surface area (Å²) in [6.07, 6.45) is 0. The van der Waals surface area contributed by atoms with E-state index in [1.54, 1.807) is 14.2 Å². The number of rotatable bonds is 8. The lowest BCUT2D eigenvalue weighted by Crippen LogP contribution is -1.99. The molecule has 0 bridgehead atoms. The molecule has 0 atom stereocenters. The molecule has 0 aliphatic rings. The maximum atomic E-state index is 9.41. The number of anilines is 1. The number of hydrogen-bond donors (Lipinski definition) is 1. The van der Waals surface area contributed by atoms with Gasteiger partial charge in [-0.15, -0.1) is 0 Å². The molecule has 7 nitrogen and oxygen atoms in total. The zero-order valence-corrected chi connectivity index (χ0v) is 17.7. The van der Waals surface area contributed by atoms with Gasteiger partial charge in [-0.25, -0.2) is 0 Å². The molecule has 7 heteroatoms. The second-order valence-electron chi connectivity index (χ2n) is 6.81. The Balaban J connectivity index is 1.40. The van der Waals surface area contributed by atoms with Crippen molar-refractivity contribution >= 4 is 5.88 Å². The molecule has 1 N–H and O–H groups in total. The summed E-state index contributed by atoms with van der Waals surface area (Å²) >= 11 is 0. The minimum Gasteiger partial charge on any atom is -0.497 e. The Morgan fingerprint density at radius 3 is 1.91 bits per heavy atom. The Bertz CT molecular complexity index is 1210. The first kappa shape index (κ1) is 20.8. The molecule has 0 radical (unpaired) electrons. The van der Waals surface area contributed by atoms with Gasteiger partial charge in [0.1, 0.15) is 29.1 Å². The summed E-state index contributed by atoms with van der Waals surface area (Å²) in [6, 6.07) is 24.4. The van der Waals surface area contributed by atoms with Crippen LogP contribution in [0.5, 0.6) is 23.0 Å². The largest absolute Gasteiger partial charge is 0.497 e. The third-order valence-electron chi connectivity index (χ3n) is 4.74. The van der Waals surface area contributed by atoms with E-state index in [-0.39, 0.29) is 5.69 Å². The van der Waals surface area contributed by atoms with Crippen molar-refractivity contribution in [3.8, 4) is 40.5 Å². The average Bonchev–Trinajstić information content (AvgIpc) is 3.27. The number of nitrogens with zero attached hydrogens (tertiary/aromatic N) is 2. The van der Waals surface area contributed by atoms with E-state index in [1.807, 2.05) is 72.8 Å². The summed E-state index contributed by atoms with van der Waals surface area (Å²) in [4.78, 5) is 4.28. The van der Waals surface area contributed by atoms with Gasteiger partial charge in [0.2, 0.25) is 17.5 Å². The molecule has 0 spiro atoms. The van der Waals surface area contributed by atoms with Gasteiger partial charge in [-0.05, 0) is 66.2 Å². The van der Waals surface area contributed by atoms with E-state index in [0.29, 0.717) is 18.3 Å². The van der Waals surface area contributed by atoms with Crippen molar-refractivity contribution in [1.29, 1.82) is 5.26 Å². The van der Waals surface area contributed by atoms with E-state index in [1.165, 1.54) is 0 Å². The SMILES string of the molecule is COc1ccc(Oc2ccc(CNc3oc(-c4ccc(OC)cc4)nc3C#N)cc2)cc1. The normalized spacial score (nSPS) is 10.3. The van der Waals surface area contributed by atoms with Crippen LogP contribution in [0, 0.1) is 11.3 Å². The van der Waals surface area contributed by atoms with Gasteiger partial charge < -0.3 is 23.9 Å². The van der Waals surface area contributed by atoms with E-state index in [9.17, 15) is 5.26 Å². The minimum atomic E-state index is 0.204. The third-order valence-corrected chi connectivity index (χ3v) is 4.74. The first-order valence-electron chi connectivity index (χ1n) is 9.88. The molecule has 0 unspecified atom stereocenters. The first-order valence-corrected chi connectivity index (χ1v) is 9.88. The number of methoxy groups -OCH3 is 2. The lowest BCUT2D eigenvalue weighted by atomic mass is 10.2. The smallest absolute Gasteiger partial charge is 0.232 e. The highest BCUT2D eigenvalue weighted by molar-refractivity contribution is 5.59. The molecule has 160 valence electrons. The Morgan fingerprint density at radius 2 is 1.34 bits per heavy atom. The first-order chi connectivity index (χ1) is 15.7. The van der Waals surface area contributed by atoms with Crippen LogP contribution in [-0.4, -0.2) is 19.2 Å². The van der Waals surface area contributed by atoms with Gasteiger partial charge in [0.05, 0.1) is 14.2 Å². The molecular formula is C25H21N3O4. The molecule has 0 fully saturated rings. The zero-order chi connectivity index (χ0) is 22.3. The summed E-state index contributed by atoms with van der Waals surface area (Å²) in [7, 11) is 3.23. The summed E-state index contributed by atoms with van der Waals surface area (Å²) < 4.78 is 21.9.